The van der Waals surface area contributed by atoms with E-state index in [1.807, 2.05) is 0 Å². The van der Waals surface area contributed by atoms with Gasteiger partial charge in [-0.15, -0.1) is 0 Å². The Labute approximate surface area is 161 Å². The summed E-state index contributed by atoms with van der Waals surface area (Å²) in [6, 6.07) is 12.5. The van der Waals surface area contributed by atoms with Crippen LogP contribution in [0.1, 0.15) is 10.4 Å². The molecule has 2 aromatic rings. The highest BCUT2D eigenvalue weighted by Crippen LogP contribution is 2.30. The predicted molar refractivity (Wildman–Crippen MR) is 98.9 cm³/mol. The summed E-state index contributed by atoms with van der Waals surface area (Å²) in [6.07, 6.45) is 0. The number of anilines is 2. The first-order chi connectivity index (χ1) is 11.9. The topological polar surface area (TPSA) is 89.5 Å². The maximum absolute atomic E-state index is 12.6. The van der Waals surface area contributed by atoms with Crippen LogP contribution in [-0.2, 0) is 9.59 Å². The summed E-state index contributed by atoms with van der Waals surface area (Å²) in [5.74, 6) is -2.61. The van der Waals surface area contributed by atoms with Crippen LogP contribution in [0.3, 0.4) is 0 Å². The lowest BCUT2D eigenvalue weighted by molar-refractivity contribution is -0.255. The molecule has 126 valence electrons. The largest absolute Gasteiger partial charge is 0.545 e. The molecule has 8 heteroatoms. The number of carbonyl (C=O) groups is 3. The minimum atomic E-state index is -1.35. The molecule has 1 aliphatic rings. The van der Waals surface area contributed by atoms with Crippen molar-refractivity contribution in [3.05, 3.63) is 68.4 Å². The number of carboxylic acid groups (broad SMARTS) is 1. The number of carbonyl (C=O) groups excluding carboxylic acids is 3. The van der Waals surface area contributed by atoms with Gasteiger partial charge < -0.3 is 15.2 Å². The molecule has 2 amide bonds. The average molecular weight is 468 g/mol. The van der Waals surface area contributed by atoms with Crippen molar-refractivity contribution in [2.45, 2.75) is 0 Å². The molecule has 0 unspecified atom stereocenters. The SMILES string of the molecule is O=C([O-])c1cccc(NC2=C(Cl)C(=O)N(c3ccc(I)cc3)C2=O)c1. The van der Waals surface area contributed by atoms with E-state index in [9.17, 15) is 19.5 Å². The number of imide groups is 1. The Hall–Kier alpha value is -2.39. The molecule has 0 saturated carbocycles. The van der Waals surface area contributed by atoms with Crippen molar-refractivity contribution in [2.75, 3.05) is 10.2 Å². The van der Waals surface area contributed by atoms with Gasteiger partial charge in [-0.25, -0.2) is 4.90 Å². The van der Waals surface area contributed by atoms with Crippen LogP contribution >= 0.6 is 34.2 Å². The molecule has 1 N–H and O–H groups in total. The smallest absolute Gasteiger partial charge is 0.283 e. The third-order valence-corrected chi connectivity index (χ3v) is 4.55. The maximum atomic E-state index is 12.6. The van der Waals surface area contributed by atoms with Gasteiger partial charge in [0, 0.05) is 9.26 Å². The van der Waals surface area contributed by atoms with Gasteiger partial charge >= 0.3 is 0 Å². The first kappa shape index (κ1) is 17.4. The second kappa shape index (κ2) is 6.85. The lowest BCUT2D eigenvalue weighted by atomic mass is 10.2. The number of nitrogens with zero attached hydrogens (tertiary/aromatic N) is 1. The Bertz CT molecular complexity index is 925. The van der Waals surface area contributed by atoms with Gasteiger partial charge in [0.05, 0.1) is 11.7 Å². The van der Waals surface area contributed by atoms with Gasteiger partial charge in [-0.2, -0.15) is 0 Å². The zero-order chi connectivity index (χ0) is 18.1. The first-order valence-corrected chi connectivity index (χ1v) is 8.46. The van der Waals surface area contributed by atoms with E-state index in [1.165, 1.54) is 18.2 Å². The Kier molecular flexibility index (Phi) is 4.78. The van der Waals surface area contributed by atoms with Gasteiger partial charge in [-0.3, -0.25) is 9.59 Å². The molecule has 0 fully saturated rings. The zero-order valence-electron chi connectivity index (χ0n) is 12.5. The van der Waals surface area contributed by atoms with Crippen LogP contribution in [0, 0.1) is 3.57 Å². The standard InChI is InChI=1S/C17H10ClIN2O4/c18-13-14(20-11-3-1-2-9(8-11)17(24)25)16(23)21(15(13)22)12-6-4-10(19)5-7-12/h1-8,20H,(H,24,25)/p-1. The first-order valence-electron chi connectivity index (χ1n) is 7.01. The Balaban J connectivity index is 1.91. The summed E-state index contributed by atoms with van der Waals surface area (Å²) in [5.41, 5.74) is 0.531. The number of nitrogens with one attached hydrogen (secondary N) is 1. The quantitative estimate of drug-likeness (QED) is 0.549. The number of amides is 2. The Morgan fingerprint density at radius 3 is 2.40 bits per heavy atom. The minimum Gasteiger partial charge on any atom is -0.545 e. The normalized spacial score (nSPS) is 14.2. The molecule has 25 heavy (non-hydrogen) atoms. The van der Waals surface area contributed by atoms with Gasteiger partial charge in [0.15, 0.2) is 0 Å². The van der Waals surface area contributed by atoms with E-state index in [-0.39, 0.29) is 16.3 Å². The maximum Gasteiger partial charge on any atom is 0.283 e. The summed E-state index contributed by atoms with van der Waals surface area (Å²) < 4.78 is 0.956. The molecule has 0 saturated heterocycles. The fourth-order valence-corrected chi connectivity index (χ4v) is 2.88. The lowest BCUT2D eigenvalue weighted by Crippen LogP contribution is -2.32. The fraction of sp³-hybridized carbons (Fsp3) is 0. The number of halogens is 2. The van der Waals surface area contributed by atoms with Crippen molar-refractivity contribution in [3.63, 3.8) is 0 Å². The molecule has 0 spiro atoms. The zero-order valence-corrected chi connectivity index (χ0v) is 15.4. The van der Waals surface area contributed by atoms with Gasteiger partial charge in [-0.05, 0) is 64.6 Å². The Morgan fingerprint density at radius 1 is 1.08 bits per heavy atom. The number of rotatable bonds is 4. The molecular weight excluding hydrogens is 459 g/mol. The van der Waals surface area contributed by atoms with Crippen molar-refractivity contribution in [1.82, 2.24) is 0 Å². The van der Waals surface area contributed by atoms with Crippen molar-refractivity contribution in [3.8, 4) is 0 Å². The summed E-state index contributed by atoms with van der Waals surface area (Å²) >= 11 is 8.14. The van der Waals surface area contributed by atoms with Crippen molar-refractivity contribution in [2.24, 2.45) is 0 Å². The van der Waals surface area contributed by atoms with Crippen LogP contribution in [0.5, 0.6) is 0 Å². The average Bonchev–Trinajstić information content (AvgIpc) is 2.80. The number of carboxylic acids is 1. The molecule has 0 aliphatic carbocycles. The number of benzene rings is 2. The molecule has 3 rings (SSSR count). The van der Waals surface area contributed by atoms with E-state index in [0.717, 1.165) is 8.47 Å². The highest BCUT2D eigenvalue weighted by Gasteiger charge is 2.38. The molecule has 1 aliphatic heterocycles. The van der Waals surface area contributed by atoms with Crippen LogP contribution in [0.25, 0.3) is 0 Å². The van der Waals surface area contributed by atoms with Crippen LogP contribution in [0.2, 0.25) is 0 Å². The van der Waals surface area contributed by atoms with E-state index in [0.29, 0.717) is 11.4 Å². The van der Waals surface area contributed by atoms with E-state index in [2.05, 4.69) is 27.9 Å². The van der Waals surface area contributed by atoms with Gasteiger partial charge in [0.25, 0.3) is 11.8 Å². The second-order valence-electron chi connectivity index (χ2n) is 5.10. The second-order valence-corrected chi connectivity index (χ2v) is 6.73. The van der Waals surface area contributed by atoms with Crippen molar-refractivity contribution >= 4 is 63.4 Å². The van der Waals surface area contributed by atoms with Gasteiger partial charge in [-0.1, -0.05) is 23.7 Å². The summed E-state index contributed by atoms with van der Waals surface area (Å²) in [6.45, 7) is 0. The molecule has 6 nitrogen and oxygen atoms in total. The molecule has 0 bridgehead atoms. The summed E-state index contributed by atoms with van der Waals surface area (Å²) in [5, 5.41) is 13.4. The van der Waals surface area contributed by atoms with Crippen molar-refractivity contribution < 1.29 is 19.5 Å². The number of aromatic carboxylic acids is 1. The van der Waals surface area contributed by atoms with Gasteiger partial charge in [0.2, 0.25) is 0 Å². The van der Waals surface area contributed by atoms with E-state index in [1.54, 1.807) is 30.3 Å². The molecular formula is C17H9ClIN2O4-. The third-order valence-electron chi connectivity index (χ3n) is 3.48. The fourth-order valence-electron chi connectivity index (χ4n) is 2.30. The number of hydrogen-bond donors (Lipinski definition) is 1. The highest BCUT2D eigenvalue weighted by molar-refractivity contribution is 14.1. The summed E-state index contributed by atoms with van der Waals surface area (Å²) in [7, 11) is 0. The van der Waals surface area contributed by atoms with E-state index >= 15 is 0 Å². The van der Waals surface area contributed by atoms with E-state index < -0.39 is 17.8 Å². The van der Waals surface area contributed by atoms with Crippen LogP contribution < -0.4 is 15.3 Å². The number of hydrogen-bond acceptors (Lipinski definition) is 5. The predicted octanol–water partition coefficient (Wildman–Crippen LogP) is 2.09. The lowest BCUT2D eigenvalue weighted by Gasteiger charge is -2.15. The van der Waals surface area contributed by atoms with Crippen LogP contribution in [-0.4, -0.2) is 17.8 Å². The van der Waals surface area contributed by atoms with Crippen molar-refractivity contribution in [1.29, 1.82) is 0 Å². The highest BCUT2D eigenvalue weighted by atomic mass is 127. The van der Waals surface area contributed by atoms with Crippen LogP contribution in [0.4, 0.5) is 11.4 Å². The van der Waals surface area contributed by atoms with E-state index in [4.69, 9.17) is 11.6 Å². The minimum absolute atomic E-state index is 0.0621. The Morgan fingerprint density at radius 2 is 1.76 bits per heavy atom. The molecule has 1 heterocycles. The molecule has 0 radical (unpaired) electrons. The summed E-state index contributed by atoms with van der Waals surface area (Å²) in [4.78, 5) is 36.8. The third kappa shape index (κ3) is 3.38. The van der Waals surface area contributed by atoms with Gasteiger partial charge in [0.1, 0.15) is 10.7 Å². The van der Waals surface area contributed by atoms with Crippen LogP contribution in [0.15, 0.2) is 59.3 Å². The molecule has 2 aromatic carbocycles. The molecule has 0 aromatic heterocycles. The monoisotopic (exact) mass is 467 g/mol. The molecule has 0 atom stereocenters.